The van der Waals surface area contributed by atoms with Gasteiger partial charge in [-0.2, -0.15) is 0 Å². The highest BCUT2D eigenvalue weighted by atomic mass is 28.4. The van der Waals surface area contributed by atoms with Crippen LogP contribution in [-0.4, -0.2) is 28.3 Å². The molecule has 0 heterocycles. The highest BCUT2D eigenvalue weighted by Gasteiger charge is 2.42. The smallest absolute Gasteiger partial charge is 0.388 e. The van der Waals surface area contributed by atoms with Crippen LogP contribution < -0.4 is 16.1 Å². The highest BCUT2D eigenvalue weighted by molar-refractivity contribution is 6.92. The molecule has 0 aromatic heterocycles. The van der Waals surface area contributed by atoms with Crippen molar-refractivity contribution in [1.82, 2.24) is 0 Å². The van der Waals surface area contributed by atoms with Crippen molar-refractivity contribution in [3.63, 3.8) is 0 Å². The summed E-state index contributed by atoms with van der Waals surface area (Å²) in [6, 6.07) is 20.7. The second-order valence-electron chi connectivity index (χ2n) is 5.13. The van der Waals surface area contributed by atoms with Crippen LogP contribution in [0.4, 0.5) is 0 Å². The fourth-order valence-corrected chi connectivity index (χ4v) is 5.71. The van der Waals surface area contributed by atoms with Gasteiger partial charge in [0.15, 0.2) is 0 Å². The maximum absolute atomic E-state index is 6.41. The van der Waals surface area contributed by atoms with Crippen molar-refractivity contribution >= 4 is 18.9 Å². The second-order valence-corrected chi connectivity index (χ2v) is 8.09. The van der Waals surface area contributed by atoms with Crippen LogP contribution in [0, 0.1) is 0 Å². The fourth-order valence-electron chi connectivity index (χ4n) is 2.52. The van der Waals surface area contributed by atoms with E-state index in [9.17, 15) is 0 Å². The third-order valence-corrected chi connectivity index (χ3v) is 7.05. The van der Waals surface area contributed by atoms with E-state index in [-0.39, 0.29) is 0 Å². The van der Waals surface area contributed by atoms with E-state index in [1.807, 2.05) is 43.3 Å². The Labute approximate surface area is 134 Å². The maximum atomic E-state index is 6.41. The molecule has 2 N–H and O–H groups in total. The molecule has 2 aromatic rings. The van der Waals surface area contributed by atoms with E-state index < -0.39 is 8.56 Å². The minimum absolute atomic E-state index is 0.632. The Morgan fingerprint density at radius 2 is 1.36 bits per heavy atom. The monoisotopic (exact) mass is 315 g/mol. The number of hydrogen-bond donors (Lipinski definition) is 1. The average molecular weight is 315 g/mol. The van der Waals surface area contributed by atoms with Crippen molar-refractivity contribution in [2.75, 3.05) is 19.8 Å². The zero-order chi connectivity index (χ0) is 15.7. The van der Waals surface area contributed by atoms with Gasteiger partial charge in [0.05, 0.1) is 0 Å². The van der Waals surface area contributed by atoms with Crippen LogP contribution in [0.25, 0.3) is 0 Å². The van der Waals surface area contributed by atoms with Crippen LogP contribution in [0.15, 0.2) is 60.7 Å². The van der Waals surface area contributed by atoms with Gasteiger partial charge in [-0.25, -0.2) is 0 Å². The predicted molar refractivity (Wildman–Crippen MR) is 93.8 cm³/mol. The lowest BCUT2D eigenvalue weighted by Crippen LogP contribution is -2.63. The summed E-state index contributed by atoms with van der Waals surface area (Å²) in [5.41, 5.74) is 5.58. The van der Waals surface area contributed by atoms with E-state index in [1.54, 1.807) is 0 Å². The topological polar surface area (TPSA) is 44.5 Å². The van der Waals surface area contributed by atoms with Gasteiger partial charge in [-0.3, -0.25) is 0 Å². The number of nitrogens with two attached hydrogens (primary N) is 1. The Hall–Kier alpha value is -1.46. The molecular formula is C18H25NO2Si. The van der Waals surface area contributed by atoms with Gasteiger partial charge in [-0.05, 0) is 36.7 Å². The van der Waals surface area contributed by atoms with Gasteiger partial charge in [-0.1, -0.05) is 60.7 Å². The second kappa shape index (κ2) is 8.85. The molecule has 0 unspecified atom stereocenters. The van der Waals surface area contributed by atoms with Gasteiger partial charge in [0.25, 0.3) is 0 Å². The lowest BCUT2D eigenvalue weighted by molar-refractivity contribution is 0.196. The lowest BCUT2D eigenvalue weighted by atomic mass is 10.3. The highest BCUT2D eigenvalue weighted by Crippen LogP contribution is 2.11. The first kappa shape index (κ1) is 16.9. The Kier molecular flexibility index (Phi) is 6.80. The summed E-state index contributed by atoms with van der Waals surface area (Å²) in [7, 11) is -2.64. The zero-order valence-electron chi connectivity index (χ0n) is 13.2. The summed E-state index contributed by atoms with van der Waals surface area (Å²) in [5.74, 6) is 0. The van der Waals surface area contributed by atoms with Gasteiger partial charge in [0.2, 0.25) is 0 Å². The van der Waals surface area contributed by atoms with E-state index in [1.165, 1.54) is 0 Å². The van der Waals surface area contributed by atoms with Gasteiger partial charge in [0, 0.05) is 13.2 Å². The normalized spacial score (nSPS) is 11.5. The van der Waals surface area contributed by atoms with Crippen molar-refractivity contribution in [2.24, 2.45) is 5.73 Å². The minimum atomic E-state index is -2.64. The molecule has 0 saturated heterocycles. The van der Waals surface area contributed by atoms with E-state index in [4.69, 9.17) is 14.6 Å². The molecule has 4 heteroatoms. The van der Waals surface area contributed by atoms with Crippen molar-refractivity contribution in [3.05, 3.63) is 60.7 Å². The van der Waals surface area contributed by atoms with E-state index in [2.05, 4.69) is 24.3 Å². The van der Waals surface area contributed by atoms with Crippen molar-refractivity contribution in [3.8, 4) is 0 Å². The number of hydrogen-bond acceptors (Lipinski definition) is 3. The van der Waals surface area contributed by atoms with Crippen LogP contribution in [0.3, 0.4) is 0 Å². The van der Waals surface area contributed by atoms with Crippen molar-refractivity contribution < 1.29 is 8.85 Å². The Morgan fingerprint density at radius 1 is 0.818 bits per heavy atom. The molecule has 22 heavy (non-hydrogen) atoms. The molecule has 0 spiro atoms. The first-order valence-electron chi connectivity index (χ1n) is 7.92. The molecule has 0 atom stereocenters. The molecule has 2 rings (SSSR count). The standard InChI is InChI=1S/C18H25NO2Si/c1-2-20-22(21-16-10-9-15-19,17-11-5-3-6-12-17)18-13-7-4-8-14-18/h3-8,11-14H,2,9-10,15-16,19H2,1H3. The number of benzene rings is 2. The van der Waals surface area contributed by atoms with Crippen LogP contribution >= 0.6 is 0 Å². The largest absolute Gasteiger partial charge is 0.407 e. The summed E-state index contributed by atoms with van der Waals surface area (Å²) < 4.78 is 12.7. The van der Waals surface area contributed by atoms with Gasteiger partial charge >= 0.3 is 8.56 Å². The van der Waals surface area contributed by atoms with Crippen molar-refractivity contribution in [1.29, 1.82) is 0 Å². The van der Waals surface area contributed by atoms with Gasteiger partial charge < -0.3 is 14.6 Å². The maximum Gasteiger partial charge on any atom is 0.407 e. The molecule has 0 saturated carbocycles. The van der Waals surface area contributed by atoms with Crippen LogP contribution in [0.2, 0.25) is 0 Å². The molecule has 0 aliphatic carbocycles. The van der Waals surface area contributed by atoms with E-state index in [0.717, 1.165) is 23.2 Å². The van der Waals surface area contributed by atoms with Crippen LogP contribution in [-0.2, 0) is 8.85 Å². The molecule has 0 aliphatic heterocycles. The first-order chi connectivity index (χ1) is 10.8. The molecule has 0 aliphatic rings. The van der Waals surface area contributed by atoms with Crippen molar-refractivity contribution in [2.45, 2.75) is 19.8 Å². The molecular weight excluding hydrogens is 290 g/mol. The number of rotatable bonds is 9. The molecule has 0 amide bonds. The SMILES string of the molecule is CCO[Si](OCCCCN)(c1ccccc1)c1ccccc1. The molecule has 2 aromatic carbocycles. The lowest BCUT2D eigenvalue weighted by Gasteiger charge is -2.31. The summed E-state index contributed by atoms with van der Waals surface area (Å²) in [5, 5.41) is 2.30. The molecule has 118 valence electrons. The predicted octanol–water partition coefficient (Wildman–Crippen LogP) is 2.03. The fraction of sp³-hybridized carbons (Fsp3) is 0.333. The number of unbranched alkanes of at least 4 members (excludes halogenated alkanes) is 1. The molecule has 0 bridgehead atoms. The van der Waals surface area contributed by atoms with E-state index in [0.29, 0.717) is 19.8 Å². The van der Waals surface area contributed by atoms with Gasteiger partial charge in [-0.15, -0.1) is 0 Å². The van der Waals surface area contributed by atoms with E-state index >= 15 is 0 Å². The Morgan fingerprint density at radius 3 is 1.82 bits per heavy atom. The first-order valence-corrected chi connectivity index (χ1v) is 9.74. The van der Waals surface area contributed by atoms with Crippen LogP contribution in [0.5, 0.6) is 0 Å². The van der Waals surface area contributed by atoms with Crippen LogP contribution in [0.1, 0.15) is 19.8 Å². The summed E-state index contributed by atoms with van der Waals surface area (Å²) in [6.07, 6.45) is 1.93. The summed E-state index contributed by atoms with van der Waals surface area (Å²) in [6.45, 7) is 4.03. The molecule has 0 radical (unpaired) electrons. The summed E-state index contributed by atoms with van der Waals surface area (Å²) in [4.78, 5) is 0. The molecule has 0 fully saturated rings. The van der Waals surface area contributed by atoms with Gasteiger partial charge in [0.1, 0.15) is 0 Å². The zero-order valence-corrected chi connectivity index (χ0v) is 14.2. The Bertz CT molecular complexity index is 494. The minimum Gasteiger partial charge on any atom is -0.388 e. The quantitative estimate of drug-likeness (QED) is 0.569. The third kappa shape index (κ3) is 4.05. The molecule has 3 nitrogen and oxygen atoms in total. The Balaban J connectivity index is 2.36. The average Bonchev–Trinajstić information content (AvgIpc) is 2.59. The third-order valence-electron chi connectivity index (χ3n) is 3.56. The summed E-state index contributed by atoms with van der Waals surface area (Å²) >= 11 is 0.